The number of ether oxygens (including phenoxy) is 2. The van der Waals surface area contributed by atoms with Gasteiger partial charge >= 0.3 is 0 Å². The van der Waals surface area contributed by atoms with Gasteiger partial charge in [0.15, 0.2) is 5.11 Å². The molecule has 1 aromatic heterocycles. The summed E-state index contributed by atoms with van der Waals surface area (Å²) in [4.78, 5) is 27.7. The normalized spacial score (nSPS) is 14.5. The fourth-order valence-corrected chi connectivity index (χ4v) is 4.88. The zero-order valence-corrected chi connectivity index (χ0v) is 22.6. The van der Waals surface area contributed by atoms with Crippen LogP contribution in [0.1, 0.15) is 22.5 Å². The van der Waals surface area contributed by atoms with E-state index in [4.69, 9.17) is 21.7 Å². The minimum Gasteiger partial charge on any atom is -0.495 e. The second-order valence-corrected chi connectivity index (χ2v) is 9.45. The number of nitrogens with zero attached hydrogens (tertiary/aromatic N) is 2. The number of carbonyl (C=O) groups excluding carboxylic acids is 2. The van der Waals surface area contributed by atoms with Crippen molar-refractivity contribution in [3.05, 3.63) is 113 Å². The maximum absolute atomic E-state index is 13.5. The number of hydrogen-bond acceptors (Lipinski definition) is 5. The van der Waals surface area contributed by atoms with Crippen molar-refractivity contribution in [1.29, 1.82) is 0 Å². The van der Waals surface area contributed by atoms with Gasteiger partial charge in [0, 0.05) is 17.1 Å². The molecule has 4 aromatic rings. The molecule has 0 spiro atoms. The summed E-state index contributed by atoms with van der Waals surface area (Å²) < 4.78 is 13.4. The second kappa shape index (κ2) is 11.0. The predicted octanol–water partition coefficient (Wildman–Crippen LogP) is 5.51. The Hall–Kier alpha value is -4.69. The van der Waals surface area contributed by atoms with Crippen LogP contribution in [0.3, 0.4) is 0 Å². The number of carbonyl (C=O) groups is 2. The third-order valence-electron chi connectivity index (χ3n) is 6.54. The molecule has 0 unspecified atom stereocenters. The Bertz CT molecular complexity index is 1590. The van der Waals surface area contributed by atoms with Crippen molar-refractivity contribution in [2.75, 3.05) is 12.0 Å². The van der Waals surface area contributed by atoms with Crippen LogP contribution in [0, 0.1) is 13.8 Å². The Kier molecular flexibility index (Phi) is 7.29. The number of methoxy groups -OCH3 is 1. The van der Waals surface area contributed by atoms with E-state index in [0.29, 0.717) is 18.0 Å². The summed E-state index contributed by atoms with van der Waals surface area (Å²) in [5.41, 5.74) is 5.08. The summed E-state index contributed by atoms with van der Waals surface area (Å²) in [6, 6.07) is 26.8. The van der Waals surface area contributed by atoms with Gasteiger partial charge in [0.2, 0.25) is 0 Å². The highest BCUT2D eigenvalue weighted by Gasteiger charge is 2.36. The molecule has 1 fully saturated rings. The molecule has 2 amide bonds. The van der Waals surface area contributed by atoms with Crippen LogP contribution in [-0.4, -0.2) is 28.6 Å². The van der Waals surface area contributed by atoms with Gasteiger partial charge in [0.25, 0.3) is 11.8 Å². The SMILES string of the molecule is COc1ccccc1N1C(=O)/C(=C/c2cc(C)n(-c3ccc(OCc4ccccc4)cc3)c2C)C(=O)NC1=S. The van der Waals surface area contributed by atoms with E-state index in [2.05, 4.69) is 9.88 Å². The molecule has 7 nitrogen and oxygen atoms in total. The molecular formula is C31H27N3O4S. The molecule has 0 atom stereocenters. The molecular weight excluding hydrogens is 510 g/mol. The Labute approximate surface area is 232 Å². The van der Waals surface area contributed by atoms with Crippen LogP contribution in [0.5, 0.6) is 11.5 Å². The van der Waals surface area contributed by atoms with Gasteiger partial charge in [-0.3, -0.25) is 14.9 Å². The van der Waals surface area contributed by atoms with E-state index in [-0.39, 0.29) is 10.7 Å². The summed E-state index contributed by atoms with van der Waals surface area (Å²) in [6.45, 7) is 4.42. The molecule has 0 radical (unpaired) electrons. The molecule has 3 aromatic carbocycles. The highest BCUT2D eigenvalue weighted by molar-refractivity contribution is 7.80. The third-order valence-corrected chi connectivity index (χ3v) is 6.83. The molecule has 1 aliphatic rings. The Morgan fingerprint density at radius 2 is 1.62 bits per heavy atom. The first kappa shape index (κ1) is 25.9. The third kappa shape index (κ3) is 5.19. The average molecular weight is 538 g/mol. The van der Waals surface area contributed by atoms with Crippen molar-refractivity contribution in [3.8, 4) is 17.2 Å². The van der Waals surface area contributed by atoms with E-state index in [1.165, 1.54) is 12.0 Å². The number of anilines is 1. The maximum atomic E-state index is 13.5. The van der Waals surface area contributed by atoms with Crippen LogP contribution < -0.4 is 19.7 Å². The predicted molar refractivity (Wildman–Crippen MR) is 155 cm³/mol. The fraction of sp³-hybridized carbons (Fsp3) is 0.129. The standard InChI is InChI=1S/C31H27N3O4S/c1-20-17-23(18-26-29(35)32-31(39)34(30(26)36)27-11-7-8-12-28(27)37-3)21(2)33(20)24-13-15-25(16-14-24)38-19-22-9-5-4-6-10-22/h4-18H,19H2,1-3H3,(H,32,35,39)/b26-18+. The van der Waals surface area contributed by atoms with Crippen molar-refractivity contribution in [3.63, 3.8) is 0 Å². The van der Waals surface area contributed by atoms with Crippen molar-refractivity contribution in [2.45, 2.75) is 20.5 Å². The van der Waals surface area contributed by atoms with Crippen LogP contribution in [0.25, 0.3) is 11.8 Å². The number of benzene rings is 3. The number of aromatic nitrogens is 1. The number of rotatable bonds is 7. The van der Waals surface area contributed by atoms with Crippen LogP contribution in [0.2, 0.25) is 0 Å². The van der Waals surface area contributed by atoms with E-state index in [9.17, 15) is 9.59 Å². The van der Waals surface area contributed by atoms with E-state index in [0.717, 1.165) is 34.0 Å². The van der Waals surface area contributed by atoms with E-state index >= 15 is 0 Å². The minimum absolute atomic E-state index is 0.00620. The fourth-order valence-electron chi connectivity index (χ4n) is 4.61. The number of amides is 2. The number of aryl methyl sites for hydroxylation is 1. The van der Waals surface area contributed by atoms with Gasteiger partial charge < -0.3 is 14.0 Å². The lowest BCUT2D eigenvalue weighted by Gasteiger charge is -2.29. The molecule has 1 saturated heterocycles. The number of thiocarbonyl (C=S) groups is 1. The Balaban J connectivity index is 1.42. The van der Waals surface area contributed by atoms with E-state index in [1.807, 2.05) is 74.5 Å². The average Bonchev–Trinajstić information content (AvgIpc) is 3.23. The second-order valence-electron chi connectivity index (χ2n) is 9.06. The molecule has 8 heteroatoms. The zero-order chi connectivity index (χ0) is 27.5. The lowest BCUT2D eigenvalue weighted by Crippen LogP contribution is -2.54. The molecule has 1 N–H and O–H groups in total. The first-order valence-corrected chi connectivity index (χ1v) is 12.8. The monoisotopic (exact) mass is 537 g/mol. The molecule has 0 aliphatic carbocycles. The van der Waals surface area contributed by atoms with Gasteiger partial charge in [-0.1, -0.05) is 42.5 Å². The molecule has 0 saturated carbocycles. The lowest BCUT2D eigenvalue weighted by atomic mass is 10.1. The minimum atomic E-state index is -0.541. The first-order chi connectivity index (χ1) is 18.9. The van der Waals surface area contributed by atoms with Crippen molar-refractivity contribution >= 4 is 40.9 Å². The Morgan fingerprint density at radius 3 is 2.33 bits per heavy atom. The van der Waals surface area contributed by atoms with Crippen LogP contribution >= 0.6 is 12.2 Å². The smallest absolute Gasteiger partial charge is 0.270 e. The van der Waals surface area contributed by atoms with Crippen molar-refractivity contribution < 1.29 is 19.1 Å². The van der Waals surface area contributed by atoms with Gasteiger partial charge in [-0.25, -0.2) is 4.90 Å². The molecule has 2 heterocycles. The van der Waals surface area contributed by atoms with Gasteiger partial charge in [-0.2, -0.15) is 0 Å². The first-order valence-electron chi connectivity index (χ1n) is 12.4. The largest absolute Gasteiger partial charge is 0.495 e. The van der Waals surface area contributed by atoms with Crippen LogP contribution in [0.15, 0.2) is 90.5 Å². The van der Waals surface area contributed by atoms with Crippen molar-refractivity contribution in [1.82, 2.24) is 9.88 Å². The van der Waals surface area contributed by atoms with Gasteiger partial charge in [0.05, 0.1) is 12.8 Å². The van der Waals surface area contributed by atoms with Gasteiger partial charge in [0.1, 0.15) is 23.7 Å². The van der Waals surface area contributed by atoms with E-state index in [1.54, 1.807) is 30.3 Å². The molecule has 1 aliphatic heterocycles. The zero-order valence-electron chi connectivity index (χ0n) is 21.8. The molecule has 196 valence electrons. The van der Waals surface area contributed by atoms with E-state index < -0.39 is 11.8 Å². The quantitative estimate of drug-likeness (QED) is 0.191. The molecule has 5 rings (SSSR count). The number of para-hydroxylation sites is 2. The Morgan fingerprint density at radius 1 is 0.923 bits per heavy atom. The summed E-state index contributed by atoms with van der Waals surface area (Å²) in [6.07, 6.45) is 1.61. The summed E-state index contributed by atoms with van der Waals surface area (Å²) in [7, 11) is 1.52. The lowest BCUT2D eigenvalue weighted by molar-refractivity contribution is -0.122. The molecule has 0 bridgehead atoms. The van der Waals surface area contributed by atoms with Gasteiger partial charge in [-0.05, 0) is 85.7 Å². The highest BCUT2D eigenvalue weighted by atomic mass is 32.1. The van der Waals surface area contributed by atoms with Crippen molar-refractivity contribution in [2.24, 2.45) is 0 Å². The molecule has 39 heavy (non-hydrogen) atoms. The number of hydrogen-bond donors (Lipinski definition) is 1. The van der Waals surface area contributed by atoms with Crippen LogP contribution in [-0.2, 0) is 16.2 Å². The summed E-state index contributed by atoms with van der Waals surface area (Å²) in [5.74, 6) is 0.182. The maximum Gasteiger partial charge on any atom is 0.270 e. The number of nitrogens with one attached hydrogen (secondary N) is 1. The highest BCUT2D eigenvalue weighted by Crippen LogP contribution is 2.31. The topological polar surface area (TPSA) is 72.8 Å². The summed E-state index contributed by atoms with van der Waals surface area (Å²) in [5, 5.41) is 2.64. The van der Waals surface area contributed by atoms with Gasteiger partial charge in [-0.15, -0.1) is 0 Å². The van der Waals surface area contributed by atoms with Crippen LogP contribution in [0.4, 0.5) is 5.69 Å². The summed E-state index contributed by atoms with van der Waals surface area (Å²) >= 11 is 5.34.